The highest BCUT2D eigenvalue weighted by molar-refractivity contribution is 6.65. The van der Waals surface area contributed by atoms with Crippen LogP contribution >= 0.6 is 69.6 Å². The van der Waals surface area contributed by atoms with E-state index in [0.29, 0.717) is 0 Å². The molecule has 5 aliphatic rings. The van der Waals surface area contributed by atoms with E-state index in [-0.39, 0.29) is 16.5 Å². The van der Waals surface area contributed by atoms with Gasteiger partial charge in [0.15, 0.2) is 4.33 Å². The number of rotatable bonds is 3. The number of carbonyl (C=O) groups is 3. The van der Waals surface area contributed by atoms with Crippen LogP contribution in [0, 0.1) is 23.7 Å². The molecule has 1 aromatic rings. The van der Waals surface area contributed by atoms with E-state index < -0.39 is 67.7 Å². The Morgan fingerprint density at radius 2 is 1.39 bits per heavy atom. The van der Waals surface area contributed by atoms with Crippen LogP contribution in [0.15, 0.2) is 40.4 Å². The van der Waals surface area contributed by atoms with Gasteiger partial charge in [-0.15, -0.1) is 23.2 Å². The first kappa shape index (κ1) is 22.7. The van der Waals surface area contributed by atoms with Gasteiger partial charge in [-0.25, -0.2) is 0 Å². The van der Waals surface area contributed by atoms with Gasteiger partial charge in [-0.1, -0.05) is 76.7 Å². The highest BCUT2D eigenvalue weighted by Crippen LogP contribution is 2.81. The molecule has 4 bridgehead atoms. The Morgan fingerprint density at radius 3 is 1.88 bits per heavy atom. The van der Waals surface area contributed by atoms with Crippen molar-refractivity contribution in [1.82, 2.24) is 10.4 Å². The summed E-state index contributed by atoms with van der Waals surface area (Å²) in [7, 11) is 0. The lowest BCUT2D eigenvalue weighted by molar-refractivity contribution is -0.151. The zero-order valence-corrected chi connectivity index (χ0v) is 20.9. The Hall–Kier alpha value is -0.730. The molecule has 33 heavy (non-hydrogen) atoms. The number of hydrogen-bond acceptors (Lipinski definition) is 4. The number of alkyl halides is 4. The van der Waals surface area contributed by atoms with Crippen LogP contribution < -0.4 is 5.43 Å². The molecule has 3 heterocycles. The molecule has 4 fully saturated rings. The molecule has 0 aromatic heterocycles. The number of hydrogen-bond donors (Lipinski definition) is 1. The van der Waals surface area contributed by atoms with Crippen molar-refractivity contribution in [3.05, 3.63) is 46.0 Å². The molecule has 6 nitrogen and oxygen atoms in total. The molecular weight excluding hydrogens is 557 g/mol. The minimum Gasteiger partial charge on any atom is -0.373 e. The average molecular weight is 571 g/mol. The van der Waals surface area contributed by atoms with Crippen LogP contribution in [0.1, 0.15) is 5.56 Å². The molecule has 0 spiro atoms. The first-order chi connectivity index (χ1) is 15.5. The number of ether oxygens (including phenoxy) is 1. The third-order valence-corrected chi connectivity index (χ3v) is 11.9. The second-order valence-electron chi connectivity index (χ2n) is 9.00. The lowest BCUT2D eigenvalue weighted by Gasteiger charge is -2.39. The summed E-state index contributed by atoms with van der Waals surface area (Å²) in [5.41, 5.74) is 3.18. The first-order valence-electron chi connectivity index (χ1n) is 10.2. The number of imide groups is 1. The number of nitrogens with zero attached hydrogens (tertiary/aromatic N) is 1. The Balaban J connectivity index is 1.31. The highest BCUT2D eigenvalue weighted by atomic mass is 35.5. The van der Waals surface area contributed by atoms with Crippen LogP contribution in [0.4, 0.5) is 0 Å². The van der Waals surface area contributed by atoms with Crippen molar-refractivity contribution < 1.29 is 19.1 Å². The summed E-state index contributed by atoms with van der Waals surface area (Å²) >= 11 is 40.1. The van der Waals surface area contributed by atoms with Gasteiger partial charge in [-0.2, -0.15) is 5.01 Å². The number of benzene rings is 1. The molecule has 0 radical (unpaired) electrons. The van der Waals surface area contributed by atoms with Gasteiger partial charge in [-0.3, -0.25) is 19.8 Å². The smallest absolute Gasteiger partial charge is 0.254 e. The molecule has 6 rings (SSSR count). The zero-order chi connectivity index (χ0) is 23.7. The maximum atomic E-state index is 13.3. The normalized spacial score (nSPS) is 44.0. The van der Waals surface area contributed by atoms with Gasteiger partial charge < -0.3 is 4.74 Å². The molecule has 1 N–H and O–H groups in total. The van der Waals surface area contributed by atoms with Crippen LogP contribution in [0.25, 0.3) is 0 Å². The van der Waals surface area contributed by atoms with E-state index in [1.807, 2.05) is 6.07 Å². The Kier molecular flexibility index (Phi) is 4.77. The SMILES string of the molecule is O=C(Cc1ccccc1)NN1C(=O)[C@@H]2[C@H]3O[C@@H]([C@@H]2C1=O)[C@H]1[C@H]3[C@@]2(Cl)C(Cl)=C(Cl)[C@@]1(Cl)C2(Cl)Cl. The largest absolute Gasteiger partial charge is 0.373 e. The zero-order valence-electron chi connectivity index (χ0n) is 16.4. The predicted molar refractivity (Wildman–Crippen MR) is 123 cm³/mol. The molecule has 1 aromatic carbocycles. The fourth-order valence-corrected chi connectivity index (χ4v) is 9.41. The quantitative estimate of drug-likeness (QED) is 0.444. The summed E-state index contributed by atoms with van der Waals surface area (Å²) < 4.78 is 4.31. The van der Waals surface area contributed by atoms with Crippen molar-refractivity contribution in [1.29, 1.82) is 0 Å². The monoisotopic (exact) mass is 568 g/mol. The van der Waals surface area contributed by atoms with Crippen molar-refractivity contribution in [3.63, 3.8) is 0 Å². The molecule has 0 unspecified atom stereocenters. The van der Waals surface area contributed by atoms with Crippen molar-refractivity contribution in [2.24, 2.45) is 23.7 Å². The maximum absolute atomic E-state index is 13.3. The molecule has 3 aliphatic heterocycles. The van der Waals surface area contributed by atoms with Crippen LogP contribution in [-0.4, -0.2) is 49.0 Å². The molecule has 3 amide bonds. The predicted octanol–water partition coefficient (Wildman–Crippen LogP) is 3.72. The van der Waals surface area contributed by atoms with Gasteiger partial charge in [0.05, 0.1) is 40.5 Å². The molecule has 8 atom stereocenters. The lowest BCUT2D eigenvalue weighted by atomic mass is 9.65. The van der Waals surface area contributed by atoms with Crippen LogP contribution in [0.2, 0.25) is 0 Å². The van der Waals surface area contributed by atoms with Gasteiger partial charge in [0.2, 0.25) is 5.91 Å². The number of carbonyl (C=O) groups excluding carboxylic acids is 3. The number of amides is 3. The molecule has 2 aliphatic carbocycles. The van der Waals surface area contributed by atoms with Crippen LogP contribution in [-0.2, 0) is 25.5 Å². The lowest BCUT2D eigenvalue weighted by Crippen LogP contribution is -2.50. The number of halogens is 6. The van der Waals surface area contributed by atoms with Gasteiger partial charge in [0, 0.05) is 11.8 Å². The minimum atomic E-state index is -1.78. The summed E-state index contributed by atoms with van der Waals surface area (Å²) in [6, 6.07) is 8.97. The highest BCUT2D eigenvalue weighted by Gasteiger charge is 2.90. The minimum absolute atomic E-state index is 0.00751. The van der Waals surface area contributed by atoms with Crippen molar-refractivity contribution in [3.8, 4) is 0 Å². The molecule has 1 saturated carbocycles. The fourth-order valence-electron chi connectivity index (χ4n) is 6.35. The van der Waals surface area contributed by atoms with Crippen molar-refractivity contribution in [2.75, 3.05) is 0 Å². The Labute approximate surface area is 218 Å². The fraction of sp³-hybridized carbons (Fsp3) is 0.476. The molecule has 12 heteroatoms. The standard InChI is InChI=1S/C21H14Cl6N2O4/c22-15-16(23)20(25)12-11(19(15,24)21(20,26)27)13-9-10(14(12)33-13)18(32)29(17(9)31)28-8(30)6-7-4-2-1-3-5-7/h1-5,9-14H,6H2,(H,28,30)/t9-,10+,11-,12-,13+,14-,19-,20-/m1/s1. The van der Waals surface area contributed by atoms with Gasteiger partial charge in [0.25, 0.3) is 11.8 Å². The summed E-state index contributed by atoms with van der Waals surface area (Å²) in [6.07, 6.45) is -1.62. The summed E-state index contributed by atoms with van der Waals surface area (Å²) in [4.78, 5) is 35.9. The number of fused-ring (bicyclic) bond motifs is 12. The van der Waals surface area contributed by atoms with Crippen LogP contribution in [0.5, 0.6) is 0 Å². The number of nitrogens with one attached hydrogen (secondary N) is 1. The molecule has 3 saturated heterocycles. The van der Waals surface area contributed by atoms with E-state index in [9.17, 15) is 14.4 Å². The van der Waals surface area contributed by atoms with Gasteiger partial charge in [0.1, 0.15) is 9.75 Å². The van der Waals surface area contributed by atoms with E-state index in [1.54, 1.807) is 24.3 Å². The van der Waals surface area contributed by atoms with Crippen LogP contribution in [0.3, 0.4) is 0 Å². The van der Waals surface area contributed by atoms with Gasteiger partial charge >= 0.3 is 0 Å². The number of allylic oxidation sites excluding steroid dienone is 2. The second kappa shape index (κ2) is 6.94. The van der Waals surface area contributed by atoms with Gasteiger partial charge in [-0.05, 0) is 5.56 Å². The number of hydrazine groups is 1. The van der Waals surface area contributed by atoms with Crippen molar-refractivity contribution in [2.45, 2.75) is 32.7 Å². The van der Waals surface area contributed by atoms with E-state index >= 15 is 0 Å². The third kappa shape index (κ3) is 2.42. The third-order valence-electron chi connectivity index (χ3n) is 7.62. The van der Waals surface area contributed by atoms with E-state index in [4.69, 9.17) is 74.3 Å². The maximum Gasteiger partial charge on any atom is 0.254 e. The topological polar surface area (TPSA) is 75.7 Å². The summed E-state index contributed by atoms with van der Waals surface area (Å²) in [5, 5.41) is 0.813. The van der Waals surface area contributed by atoms with E-state index in [0.717, 1.165) is 10.6 Å². The summed E-state index contributed by atoms with van der Waals surface area (Å²) in [5.74, 6) is -4.69. The average Bonchev–Trinajstić information content (AvgIpc) is 3.47. The summed E-state index contributed by atoms with van der Waals surface area (Å²) in [6.45, 7) is 0. The Morgan fingerprint density at radius 1 is 0.909 bits per heavy atom. The van der Waals surface area contributed by atoms with E-state index in [1.165, 1.54) is 0 Å². The second-order valence-corrected chi connectivity index (χ2v) is 12.3. The van der Waals surface area contributed by atoms with E-state index in [2.05, 4.69) is 5.43 Å². The molecule has 174 valence electrons. The Bertz CT molecular complexity index is 1100. The first-order valence-corrected chi connectivity index (χ1v) is 12.4. The molecular formula is C21H14Cl6N2O4. The van der Waals surface area contributed by atoms with Crippen molar-refractivity contribution >= 4 is 87.3 Å².